The van der Waals surface area contributed by atoms with E-state index in [4.69, 9.17) is 15.4 Å². The zero-order valence-corrected chi connectivity index (χ0v) is 11.9. The predicted molar refractivity (Wildman–Crippen MR) is 66.1 cm³/mol. The van der Waals surface area contributed by atoms with E-state index in [1.807, 2.05) is 6.92 Å². The van der Waals surface area contributed by atoms with Crippen molar-refractivity contribution in [1.82, 2.24) is 14.8 Å². The van der Waals surface area contributed by atoms with Gasteiger partial charge in [-0.05, 0) is 26.2 Å². The van der Waals surface area contributed by atoms with Crippen LogP contribution in [-0.2, 0) is 20.2 Å². The van der Waals surface area contributed by atoms with Crippen LogP contribution in [0, 0.1) is 0 Å². The van der Waals surface area contributed by atoms with Gasteiger partial charge in [0.1, 0.15) is 5.82 Å². The lowest BCUT2D eigenvalue weighted by atomic mass is 10.2. The topological polar surface area (TPSA) is 74.1 Å². The van der Waals surface area contributed by atoms with Crippen molar-refractivity contribution in [2.45, 2.75) is 49.9 Å². The van der Waals surface area contributed by atoms with E-state index in [0.29, 0.717) is 12.2 Å². The zero-order valence-electron chi connectivity index (χ0n) is 10.3. The van der Waals surface area contributed by atoms with E-state index in [1.165, 1.54) is 0 Å². The lowest BCUT2D eigenvalue weighted by Crippen LogP contribution is -2.11. The molecular formula is C10H16ClN3O3S. The van der Waals surface area contributed by atoms with Crippen LogP contribution in [-0.4, -0.2) is 36.4 Å². The van der Waals surface area contributed by atoms with Gasteiger partial charge in [0.2, 0.25) is 0 Å². The first kappa shape index (κ1) is 13.8. The molecule has 1 atom stereocenters. The highest BCUT2D eigenvalue weighted by Crippen LogP contribution is 2.38. The van der Waals surface area contributed by atoms with Gasteiger partial charge in [0.15, 0.2) is 0 Å². The average molecular weight is 294 g/mol. The molecule has 0 aromatic carbocycles. The SMILES string of the molecule is COC(C)CCc1nnc(S(=O)(=O)Cl)n1C1CC1. The first-order valence-electron chi connectivity index (χ1n) is 5.84. The molecule has 1 aliphatic rings. The van der Waals surface area contributed by atoms with Crippen LogP contribution in [0.3, 0.4) is 0 Å². The molecule has 0 radical (unpaired) electrons. The fraction of sp³-hybridized carbons (Fsp3) is 0.800. The normalized spacial score (nSPS) is 17.9. The molecule has 0 spiro atoms. The van der Waals surface area contributed by atoms with Crippen LogP contribution in [0.1, 0.15) is 38.1 Å². The highest BCUT2D eigenvalue weighted by molar-refractivity contribution is 8.13. The quantitative estimate of drug-likeness (QED) is 0.743. The van der Waals surface area contributed by atoms with Crippen molar-refractivity contribution in [1.29, 1.82) is 0 Å². The number of halogens is 1. The molecule has 1 fully saturated rings. The molecule has 18 heavy (non-hydrogen) atoms. The van der Waals surface area contributed by atoms with Crippen LogP contribution in [0.4, 0.5) is 0 Å². The summed E-state index contributed by atoms with van der Waals surface area (Å²) in [5, 5.41) is 7.52. The number of aryl methyl sites for hydroxylation is 1. The molecule has 1 heterocycles. The summed E-state index contributed by atoms with van der Waals surface area (Å²) >= 11 is 0. The van der Waals surface area contributed by atoms with Gasteiger partial charge in [-0.3, -0.25) is 4.57 Å². The first-order chi connectivity index (χ1) is 8.43. The molecule has 0 aliphatic heterocycles. The van der Waals surface area contributed by atoms with E-state index >= 15 is 0 Å². The molecule has 8 heteroatoms. The van der Waals surface area contributed by atoms with Crippen LogP contribution in [0.25, 0.3) is 0 Å². The largest absolute Gasteiger partial charge is 0.382 e. The molecule has 0 bridgehead atoms. The summed E-state index contributed by atoms with van der Waals surface area (Å²) in [4.78, 5) is 0. The van der Waals surface area contributed by atoms with E-state index in [-0.39, 0.29) is 17.3 Å². The fourth-order valence-electron chi connectivity index (χ4n) is 1.79. The highest BCUT2D eigenvalue weighted by Gasteiger charge is 2.33. The summed E-state index contributed by atoms with van der Waals surface area (Å²) in [5.41, 5.74) is 0. The number of methoxy groups -OCH3 is 1. The minimum atomic E-state index is -3.83. The van der Waals surface area contributed by atoms with Crippen LogP contribution in [0.15, 0.2) is 5.16 Å². The molecule has 0 N–H and O–H groups in total. The Balaban J connectivity index is 2.23. The van der Waals surface area contributed by atoms with Gasteiger partial charge in [-0.15, -0.1) is 10.2 Å². The molecule has 1 unspecified atom stereocenters. The van der Waals surface area contributed by atoms with Gasteiger partial charge in [-0.1, -0.05) is 0 Å². The van der Waals surface area contributed by atoms with Gasteiger partial charge in [0.25, 0.3) is 14.2 Å². The van der Waals surface area contributed by atoms with Gasteiger partial charge < -0.3 is 4.74 Å². The van der Waals surface area contributed by atoms with Crippen molar-refractivity contribution in [2.24, 2.45) is 0 Å². The maximum atomic E-state index is 11.4. The lowest BCUT2D eigenvalue weighted by Gasteiger charge is -2.10. The standard InChI is InChI=1S/C10H16ClN3O3S/c1-7(17-2)3-6-9-12-13-10(18(11,15)16)14(9)8-4-5-8/h7-8H,3-6H2,1-2H3. The second-order valence-corrected chi connectivity index (χ2v) is 6.98. The Hall–Kier alpha value is -0.660. The van der Waals surface area contributed by atoms with Crippen LogP contribution < -0.4 is 0 Å². The van der Waals surface area contributed by atoms with Crippen molar-refractivity contribution in [2.75, 3.05) is 7.11 Å². The number of nitrogens with zero attached hydrogens (tertiary/aromatic N) is 3. The molecule has 2 rings (SSSR count). The third-order valence-corrected chi connectivity index (χ3v) is 4.17. The van der Waals surface area contributed by atoms with Crippen LogP contribution in [0.2, 0.25) is 0 Å². The predicted octanol–water partition coefficient (Wildman–Crippen LogP) is 1.51. The summed E-state index contributed by atoms with van der Waals surface area (Å²) in [7, 11) is 3.18. The van der Waals surface area contributed by atoms with Crippen molar-refractivity contribution in [3.05, 3.63) is 5.82 Å². The maximum Gasteiger partial charge on any atom is 0.296 e. The van der Waals surface area contributed by atoms with Crippen molar-refractivity contribution in [3.8, 4) is 0 Å². The molecule has 1 saturated carbocycles. The van der Waals surface area contributed by atoms with Gasteiger partial charge in [0, 0.05) is 30.3 Å². The molecule has 1 aromatic rings. The van der Waals surface area contributed by atoms with E-state index in [9.17, 15) is 8.42 Å². The lowest BCUT2D eigenvalue weighted by molar-refractivity contribution is 0.110. The summed E-state index contributed by atoms with van der Waals surface area (Å²) in [6.45, 7) is 1.96. The molecular weight excluding hydrogens is 278 g/mol. The maximum absolute atomic E-state index is 11.4. The van der Waals surface area contributed by atoms with Crippen molar-refractivity contribution >= 4 is 19.7 Å². The van der Waals surface area contributed by atoms with Gasteiger partial charge in [0.05, 0.1) is 6.10 Å². The summed E-state index contributed by atoms with van der Waals surface area (Å²) in [6.07, 6.45) is 3.40. The van der Waals surface area contributed by atoms with Crippen LogP contribution in [0.5, 0.6) is 0 Å². The molecule has 102 valence electrons. The Kier molecular flexibility index (Phi) is 3.93. The molecule has 1 aliphatic carbocycles. The number of rotatable bonds is 6. The van der Waals surface area contributed by atoms with E-state index in [1.54, 1.807) is 11.7 Å². The Morgan fingerprint density at radius 2 is 2.17 bits per heavy atom. The Labute approximate surface area is 111 Å². The Morgan fingerprint density at radius 1 is 1.50 bits per heavy atom. The summed E-state index contributed by atoms with van der Waals surface area (Å²) in [6, 6.07) is 0.177. The van der Waals surface area contributed by atoms with E-state index < -0.39 is 9.05 Å². The third-order valence-electron chi connectivity index (χ3n) is 3.04. The van der Waals surface area contributed by atoms with Gasteiger partial charge in [-0.25, -0.2) is 8.42 Å². The number of hydrogen-bond acceptors (Lipinski definition) is 5. The molecule has 0 saturated heterocycles. The Morgan fingerprint density at radius 3 is 2.67 bits per heavy atom. The van der Waals surface area contributed by atoms with E-state index in [0.717, 1.165) is 19.3 Å². The number of hydrogen-bond donors (Lipinski definition) is 0. The smallest absolute Gasteiger partial charge is 0.296 e. The van der Waals surface area contributed by atoms with Crippen LogP contribution >= 0.6 is 10.7 Å². The second-order valence-electron chi connectivity index (χ2n) is 4.52. The third kappa shape index (κ3) is 3.02. The molecule has 0 amide bonds. The van der Waals surface area contributed by atoms with Gasteiger partial charge in [-0.2, -0.15) is 0 Å². The monoisotopic (exact) mass is 293 g/mol. The molecule has 1 aromatic heterocycles. The second kappa shape index (κ2) is 5.14. The fourth-order valence-corrected chi connectivity index (χ4v) is 2.74. The number of ether oxygens (including phenoxy) is 1. The minimum absolute atomic E-state index is 0.102. The van der Waals surface area contributed by atoms with E-state index in [2.05, 4.69) is 10.2 Å². The first-order valence-corrected chi connectivity index (χ1v) is 8.15. The number of aromatic nitrogens is 3. The Bertz CT molecular complexity index is 524. The summed E-state index contributed by atoms with van der Waals surface area (Å²) in [5.74, 6) is 0.667. The minimum Gasteiger partial charge on any atom is -0.382 e. The zero-order chi connectivity index (χ0) is 13.3. The molecule has 6 nitrogen and oxygen atoms in total. The van der Waals surface area contributed by atoms with Crippen molar-refractivity contribution < 1.29 is 13.2 Å². The van der Waals surface area contributed by atoms with Gasteiger partial charge >= 0.3 is 0 Å². The highest BCUT2D eigenvalue weighted by atomic mass is 35.7. The summed E-state index contributed by atoms with van der Waals surface area (Å²) < 4.78 is 29.6. The average Bonchev–Trinajstić information content (AvgIpc) is 3.04. The van der Waals surface area contributed by atoms with Crippen molar-refractivity contribution in [3.63, 3.8) is 0 Å².